The first-order valence-corrected chi connectivity index (χ1v) is 7.80. The zero-order valence-corrected chi connectivity index (χ0v) is 13.4. The Balaban J connectivity index is 1.63. The smallest absolute Gasteiger partial charge is 0.294 e. The van der Waals surface area contributed by atoms with E-state index in [0.29, 0.717) is 11.7 Å². The van der Waals surface area contributed by atoms with Crippen molar-refractivity contribution in [3.63, 3.8) is 0 Å². The van der Waals surface area contributed by atoms with Crippen LogP contribution >= 0.6 is 0 Å². The highest BCUT2D eigenvalue weighted by atomic mass is 16.5. The predicted molar refractivity (Wildman–Crippen MR) is 86.4 cm³/mol. The molecule has 0 aliphatic carbocycles. The fourth-order valence-corrected chi connectivity index (χ4v) is 2.68. The standard InChI is InChI=1S/C17H21N3O3/c1-12-11-16(23-19-12)17(21)18-15-5-3-14(4-6-15)13(2)20-7-9-22-10-8-20/h3-6,11,13H,7-10H2,1-2H3,(H,18,21). The van der Waals surface area contributed by atoms with Crippen LogP contribution in [0, 0.1) is 6.92 Å². The van der Waals surface area contributed by atoms with Crippen LogP contribution in [0.2, 0.25) is 0 Å². The van der Waals surface area contributed by atoms with Gasteiger partial charge in [0.25, 0.3) is 5.91 Å². The first-order valence-electron chi connectivity index (χ1n) is 7.80. The lowest BCUT2D eigenvalue weighted by Gasteiger charge is -2.32. The molecule has 1 aliphatic rings. The summed E-state index contributed by atoms with van der Waals surface area (Å²) in [5, 5.41) is 6.53. The fraction of sp³-hybridized carbons (Fsp3) is 0.412. The van der Waals surface area contributed by atoms with E-state index in [9.17, 15) is 4.79 Å². The van der Waals surface area contributed by atoms with E-state index in [1.807, 2.05) is 24.3 Å². The minimum absolute atomic E-state index is 0.216. The molecule has 1 atom stereocenters. The first kappa shape index (κ1) is 15.7. The van der Waals surface area contributed by atoms with Crippen LogP contribution in [0.1, 0.15) is 34.8 Å². The summed E-state index contributed by atoms with van der Waals surface area (Å²) in [4.78, 5) is 14.4. The van der Waals surface area contributed by atoms with Gasteiger partial charge in [-0.05, 0) is 31.5 Å². The highest BCUT2D eigenvalue weighted by Crippen LogP contribution is 2.23. The summed E-state index contributed by atoms with van der Waals surface area (Å²) >= 11 is 0. The molecule has 3 rings (SSSR count). The number of hydrogen-bond donors (Lipinski definition) is 1. The molecule has 1 saturated heterocycles. The van der Waals surface area contributed by atoms with E-state index in [2.05, 4.69) is 22.3 Å². The van der Waals surface area contributed by atoms with Crippen LogP contribution in [-0.2, 0) is 4.74 Å². The van der Waals surface area contributed by atoms with Gasteiger partial charge in [-0.3, -0.25) is 9.69 Å². The largest absolute Gasteiger partial charge is 0.379 e. The van der Waals surface area contributed by atoms with Crippen LogP contribution in [0.5, 0.6) is 0 Å². The molecule has 1 aromatic carbocycles. The fourth-order valence-electron chi connectivity index (χ4n) is 2.68. The molecule has 1 fully saturated rings. The lowest BCUT2D eigenvalue weighted by atomic mass is 10.1. The maximum atomic E-state index is 12.0. The summed E-state index contributed by atoms with van der Waals surface area (Å²) < 4.78 is 10.3. The second-order valence-corrected chi connectivity index (χ2v) is 5.73. The quantitative estimate of drug-likeness (QED) is 0.939. The number of benzene rings is 1. The van der Waals surface area contributed by atoms with Crippen molar-refractivity contribution in [1.29, 1.82) is 0 Å². The van der Waals surface area contributed by atoms with E-state index in [-0.39, 0.29) is 11.7 Å². The van der Waals surface area contributed by atoms with Gasteiger partial charge in [0.15, 0.2) is 0 Å². The first-order chi connectivity index (χ1) is 11.1. The van der Waals surface area contributed by atoms with Crippen LogP contribution in [0.3, 0.4) is 0 Å². The molecule has 0 radical (unpaired) electrons. The van der Waals surface area contributed by atoms with E-state index < -0.39 is 0 Å². The van der Waals surface area contributed by atoms with E-state index in [0.717, 1.165) is 32.0 Å². The molecule has 6 nitrogen and oxygen atoms in total. The SMILES string of the molecule is Cc1cc(C(=O)Nc2ccc(C(C)N3CCOCC3)cc2)on1. The topological polar surface area (TPSA) is 67.6 Å². The van der Waals surface area contributed by atoms with Gasteiger partial charge in [-0.2, -0.15) is 0 Å². The van der Waals surface area contributed by atoms with Crippen LogP contribution in [-0.4, -0.2) is 42.3 Å². The zero-order valence-electron chi connectivity index (χ0n) is 13.4. The third kappa shape index (κ3) is 3.78. The minimum atomic E-state index is -0.292. The summed E-state index contributed by atoms with van der Waals surface area (Å²) in [6.07, 6.45) is 0. The molecule has 0 saturated carbocycles. The van der Waals surface area contributed by atoms with Crippen LogP contribution in [0.25, 0.3) is 0 Å². The molecule has 1 unspecified atom stereocenters. The number of carbonyl (C=O) groups excluding carboxylic acids is 1. The number of morpholine rings is 1. The Labute approximate surface area is 135 Å². The van der Waals surface area contributed by atoms with Gasteiger partial charge in [0.1, 0.15) is 0 Å². The van der Waals surface area contributed by atoms with Crippen molar-refractivity contribution < 1.29 is 14.1 Å². The number of nitrogens with zero attached hydrogens (tertiary/aromatic N) is 2. The summed E-state index contributed by atoms with van der Waals surface area (Å²) in [6, 6.07) is 9.86. The van der Waals surface area contributed by atoms with Gasteiger partial charge in [-0.15, -0.1) is 0 Å². The van der Waals surface area contributed by atoms with E-state index in [4.69, 9.17) is 9.26 Å². The van der Waals surface area contributed by atoms with Gasteiger partial charge in [0.05, 0.1) is 18.9 Å². The number of nitrogens with one attached hydrogen (secondary N) is 1. The van der Waals surface area contributed by atoms with Gasteiger partial charge in [0.2, 0.25) is 5.76 Å². The lowest BCUT2D eigenvalue weighted by Crippen LogP contribution is -2.37. The summed E-state index contributed by atoms with van der Waals surface area (Å²) in [6.45, 7) is 7.44. The Bertz CT molecular complexity index is 660. The predicted octanol–water partition coefficient (Wildman–Crippen LogP) is 2.63. The highest BCUT2D eigenvalue weighted by Gasteiger charge is 2.18. The van der Waals surface area contributed by atoms with Crippen molar-refractivity contribution in [3.05, 3.63) is 47.3 Å². The zero-order chi connectivity index (χ0) is 16.2. The number of aryl methyl sites for hydroxylation is 1. The molecule has 1 N–H and O–H groups in total. The van der Waals surface area contributed by atoms with Crippen LogP contribution in [0.4, 0.5) is 5.69 Å². The van der Waals surface area contributed by atoms with Crippen molar-refractivity contribution in [2.75, 3.05) is 31.6 Å². The van der Waals surface area contributed by atoms with E-state index >= 15 is 0 Å². The number of anilines is 1. The van der Waals surface area contributed by atoms with Gasteiger partial charge < -0.3 is 14.6 Å². The van der Waals surface area contributed by atoms with Crippen molar-refractivity contribution in [3.8, 4) is 0 Å². The lowest BCUT2D eigenvalue weighted by molar-refractivity contribution is 0.0198. The Morgan fingerprint density at radius 2 is 1.96 bits per heavy atom. The molecule has 0 bridgehead atoms. The average molecular weight is 315 g/mol. The van der Waals surface area contributed by atoms with Crippen LogP contribution < -0.4 is 5.32 Å². The maximum absolute atomic E-state index is 12.0. The number of aromatic nitrogens is 1. The van der Waals surface area contributed by atoms with E-state index in [1.165, 1.54) is 5.56 Å². The molecule has 23 heavy (non-hydrogen) atoms. The monoisotopic (exact) mass is 315 g/mol. The highest BCUT2D eigenvalue weighted by molar-refractivity contribution is 6.02. The van der Waals surface area contributed by atoms with Crippen molar-refractivity contribution in [2.24, 2.45) is 0 Å². The normalized spacial score (nSPS) is 17.0. The maximum Gasteiger partial charge on any atom is 0.294 e. The molecule has 1 aromatic heterocycles. The number of carbonyl (C=O) groups is 1. The van der Waals surface area contributed by atoms with Gasteiger partial charge in [0, 0.05) is 30.9 Å². The molecule has 1 aliphatic heterocycles. The number of amides is 1. The second-order valence-electron chi connectivity index (χ2n) is 5.73. The van der Waals surface area contributed by atoms with Crippen LogP contribution in [0.15, 0.2) is 34.9 Å². The average Bonchev–Trinajstić information content (AvgIpc) is 3.02. The third-order valence-electron chi connectivity index (χ3n) is 4.10. The van der Waals surface area contributed by atoms with Crippen molar-refractivity contribution in [2.45, 2.75) is 19.9 Å². The third-order valence-corrected chi connectivity index (χ3v) is 4.10. The summed E-state index contributed by atoms with van der Waals surface area (Å²) in [5.41, 5.74) is 2.65. The van der Waals surface area contributed by atoms with Gasteiger partial charge in [-0.1, -0.05) is 17.3 Å². The van der Waals surface area contributed by atoms with Crippen molar-refractivity contribution in [1.82, 2.24) is 10.1 Å². The summed E-state index contributed by atoms with van der Waals surface area (Å²) in [7, 11) is 0. The Morgan fingerprint density at radius 1 is 1.26 bits per heavy atom. The number of rotatable bonds is 4. The molecular weight excluding hydrogens is 294 g/mol. The Hall–Kier alpha value is -2.18. The van der Waals surface area contributed by atoms with E-state index in [1.54, 1.807) is 13.0 Å². The number of hydrogen-bond acceptors (Lipinski definition) is 5. The van der Waals surface area contributed by atoms with Gasteiger partial charge in [-0.25, -0.2) is 0 Å². The second kappa shape index (κ2) is 6.93. The van der Waals surface area contributed by atoms with Gasteiger partial charge >= 0.3 is 0 Å². The van der Waals surface area contributed by atoms with Crippen molar-refractivity contribution >= 4 is 11.6 Å². The summed E-state index contributed by atoms with van der Waals surface area (Å²) in [5.74, 6) is -0.0761. The Kier molecular flexibility index (Phi) is 4.73. The molecule has 0 spiro atoms. The molecule has 122 valence electrons. The molecule has 2 heterocycles. The Morgan fingerprint density at radius 3 is 2.57 bits per heavy atom. The molecular formula is C17H21N3O3. The number of ether oxygens (including phenoxy) is 1. The molecule has 2 aromatic rings. The molecule has 6 heteroatoms. The minimum Gasteiger partial charge on any atom is -0.379 e. The molecule has 1 amide bonds.